The third-order valence-electron chi connectivity index (χ3n) is 1.63. The van der Waals surface area contributed by atoms with Crippen LogP contribution in [-0.2, 0) is 6.61 Å². The lowest BCUT2D eigenvalue weighted by Gasteiger charge is -2.06. The molecule has 0 bridgehead atoms. The molecule has 1 heterocycles. The molecule has 0 saturated carbocycles. The fourth-order valence-corrected chi connectivity index (χ4v) is 1.83. The van der Waals surface area contributed by atoms with E-state index in [2.05, 4.69) is 0 Å². The van der Waals surface area contributed by atoms with Gasteiger partial charge in [0.1, 0.15) is 0 Å². The fourth-order valence-electron chi connectivity index (χ4n) is 1.02. The van der Waals surface area contributed by atoms with Gasteiger partial charge < -0.3 is 10.8 Å². The van der Waals surface area contributed by atoms with Crippen LogP contribution >= 0.6 is 11.3 Å². The van der Waals surface area contributed by atoms with Gasteiger partial charge in [0.25, 0.3) is 0 Å². The molecule has 0 aliphatic rings. The summed E-state index contributed by atoms with van der Waals surface area (Å²) >= 11 is 1.46. The normalized spacial score (nSPS) is 12.4. The largest absolute Gasteiger partial charge is 0.391 e. The lowest BCUT2D eigenvalue weighted by Crippen LogP contribution is -2.09. The van der Waals surface area contributed by atoms with Gasteiger partial charge in [0.05, 0.1) is 19.1 Å². The third kappa shape index (κ3) is 1.83. The van der Waals surface area contributed by atoms with Crippen molar-refractivity contribution in [1.29, 1.82) is 5.26 Å². The molecular formula is C8H10N2OS. The van der Waals surface area contributed by atoms with E-state index in [4.69, 9.17) is 16.1 Å². The van der Waals surface area contributed by atoms with Gasteiger partial charge in [0, 0.05) is 10.9 Å². The monoisotopic (exact) mass is 182 g/mol. The summed E-state index contributed by atoms with van der Waals surface area (Å²) in [5.41, 5.74) is 6.59. The summed E-state index contributed by atoms with van der Waals surface area (Å²) in [4.78, 5) is 0.859. The predicted molar refractivity (Wildman–Crippen MR) is 47.4 cm³/mol. The molecule has 1 aromatic rings. The maximum absolute atomic E-state index is 8.90. The Labute approximate surface area is 75.1 Å². The molecule has 1 aromatic heterocycles. The summed E-state index contributed by atoms with van der Waals surface area (Å²) in [6.07, 6.45) is 0.295. The second-order valence-electron chi connectivity index (χ2n) is 2.43. The van der Waals surface area contributed by atoms with Crippen molar-refractivity contribution in [2.24, 2.45) is 5.73 Å². The second kappa shape index (κ2) is 4.21. The summed E-state index contributed by atoms with van der Waals surface area (Å²) < 4.78 is 0. The Morgan fingerprint density at radius 2 is 2.50 bits per heavy atom. The minimum absolute atomic E-state index is 0.00608. The average Bonchev–Trinajstić information content (AvgIpc) is 2.51. The molecule has 0 amide bonds. The molecule has 0 aromatic carbocycles. The number of rotatable bonds is 3. The van der Waals surface area contributed by atoms with Crippen LogP contribution in [0.25, 0.3) is 0 Å². The van der Waals surface area contributed by atoms with Crippen molar-refractivity contribution in [1.82, 2.24) is 0 Å². The highest BCUT2D eigenvalue weighted by Crippen LogP contribution is 2.23. The standard InChI is InChI=1S/C8H10N2OS/c9-3-1-7(10)6-2-4-12-8(6)5-11/h2,4,7,11H,1,5,10H2. The lowest BCUT2D eigenvalue weighted by atomic mass is 10.1. The van der Waals surface area contributed by atoms with Gasteiger partial charge in [-0.15, -0.1) is 11.3 Å². The molecule has 1 atom stereocenters. The van der Waals surface area contributed by atoms with E-state index in [9.17, 15) is 0 Å². The molecule has 1 rings (SSSR count). The Morgan fingerprint density at radius 3 is 3.08 bits per heavy atom. The molecule has 64 valence electrons. The minimum atomic E-state index is -0.261. The number of aliphatic hydroxyl groups is 1. The molecule has 0 radical (unpaired) electrons. The van der Waals surface area contributed by atoms with Crippen molar-refractivity contribution in [3.63, 3.8) is 0 Å². The Hall–Kier alpha value is -0.890. The van der Waals surface area contributed by atoms with Crippen LogP contribution in [0.5, 0.6) is 0 Å². The fraction of sp³-hybridized carbons (Fsp3) is 0.375. The number of hydrogen-bond acceptors (Lipinski definition) is 4. The Bertz CT molecular complexity index is 289. The Kier molecular flexibility index (Phi) is 3.23. The zero-order chi connectivity index (χ0) is 8.97. The minimum Gasteiger partial charge on any atom is -0.391 e. The van der Waals surface area contributed by atoms with Crippen molar-refractivity contribution < 1.29 is 5.11 Å². The zero-order valence-electron chi connectivity index (χ0n) is 6.53. The smallest absolute Gasteiger partial charge is 0.0777 e. The number of nitrogens with two attached hydrogens (primary N) is 1. The Balaban J connectivity index is 2.80. The summed E-state index contributed by atoms with van der Waals surface area (Å²) in [6.45, 7) is 0.00608. The lowest BCUT2D eigenvalue weighted by molar-refractivity contribution is 0.284. The highest BCUT2D eigenvalue weighted by molar-refractivity contribution is 7.10. The summed E-state index contributed by atoms with van der Waals surface area (Å²) in [7, 11) is 0. The number of nitriles is 1. The van der Waals surface area contributed by atoms with Gasteiger partial charge >= 0.3 is 0 Å². The first-order valence-corrected chi connectivity index (χ1v) is 4.47. The summed E-state index contributed by atoms with van der Waals surface area (Å²) in [5, 5.41) is 19.2. The molecular weight excluding hydrogens is 172 g/mol. The van der Waals surface area contributed by atoms with E-state index < -0.39 is 0 Å². The van der Waals surface area contributed by atoms with Crippen LogP contribution < -0.4 is 5.73 Å². The van der Waals surface area contributed by atoms with Crippen LogP contribution in [0.15, 0.2) is 11.4 Å². The molecule has 12 heavy (non-hydrogen) atoms. The maximum atomic E-state index is 8.90. The van der Waals surface area contributed by atoms with Gasteiger partial charge in [-0.1, -0.05) is 0 Å². The van der Waals surface area contributed by atoms with E-state index in [0.717, 1.165) is 10.4 Å². The van der Waals surface area contributed by atoms with Crippen molar-refractivity contribution in [2.75, 3.05) is 0 Å². The molecule has 0 fully saturated rings. The zero-order valence-corrected chi connectivity index (χ0v) is 7.34. The first-order valence-electron chi connectivity index (χ1n) is 3.59. The summed E-state index contributed by atoms with van der Waals surface area (Å²) in [5.74, 6) is 0. The molecule has 3 nitrogen and oxygen atoms in total. The molecule has 4 heteroatoms. The third-order valence-corrected chi connectivity index (χ3v) is 2.56. The van der Waals surface area contributed by atoms with Crippen LogP contribution in [0.1, 0.15) is 22.9 Å². The van der Waals surface area contributed by atoms with Crippen LogP contribution in [0.3, 0.4) is 0 Å². The molecule has 3 N–H and O–H groups in total. The van der Waals surface area contributed by atoms with Crippen LogP contribution in [0.2, 0.25) is 0 Å². The van der Waals surface area contributed by atoms with Gasteiger partial charge in [-0.05, 0) is 17.0 Å². The van der Waals surface area contributed by atoms with Gasteiger partial charge in [-0.25, -0.2) is 0 Å². The highest BCUT2D eigenvalue weighted by atomic mass is 32.1. The van der Waals surface area contributed by atoms with E-state index in [1.54, 1.807) is 0 Å². The van der Waals surface area contributed by atoms with Gasteiger partial charge in [-0.2, -0.15) is 5.26 Å². The second-order valence-corrected chi connectivity index (χ2v) is 3.43. The topological polar surface area (TPSA) is 70.0 Å². The van der Waals surface area contributed by atoms with E-state index in [1.807, 2.05) is 17.5 Å². The predicted octanol–water partition coefficient (Wildman–Crippen LogP) is 1.15. The van der Waals surface area contributed by atoms with Crippen LogP contribution in [0.4, 0.5) is 0 Å². The maximum Gasteiger partial charge on any atom is 0.0777 e. The number of hydrogen-bond donors (Lipinski definition) is 2. The van der Waals surface area contributed by atoms with Gasteiger partial charge in [0.15, 0.2) is 0 Å². The van der Waals surface area contributed by atoms with Crippen molar-refractivity contribution in [2.45, 2.75) is 19.1 Å². The SMILES string of the molecule is N#CCC(N)c1ccsc1CO. The van der Waals surface area contributed by atoms with E-state index in [0.29, 0.717) is 6.42 Å². The van der Waals surface area contributed by atoms with Crippen molar-refractivity contribution in [3.05, 3.63) is 21.9 Å². The van der Waals surface area contributed by atoms with Crippen molar-refractivity contribution >= 4 is 11.3 Å². The molecule has 0 spiro atoms. The molecule has 0 saturated heterocycles. The number of thiophene rings is 1. The van der Waals surface area contributed by atoms with Crippen molar-refractivity contribution in [3.8, 4) is 6.07 Å². The van der Waals surface area contributed by atoms with E-state index in [1.165, 1.54) is 11.3 Å². The van der Waals surface area contributed by atoms with E-state index >= 15 is 0 Å². The first-order chi connectivity index (χ1) is 5.79. The van der Waals surface area contributed by atoms with E-state index in [-0.39, 0.29) is 12.6 Å². The molecule has 0 aliphatic carbocycles. The first kappa shape index (κ1) is 9.20. The van der Waals surface area contributed by atoms with Gasteiger partial charge in [0.2, 0.25) is 0 Å². The quantitative estimate of drug-likeness (QED) is 0.736. The summed E-state index contributed by atoms with van der Waals surface area (Å²) in [6, 6.07) is 3.60. The molecule has 0 aliphatic heterocycles. The number of nitrogens with zero attached hydrogens (tertiary/aromatic N) is 1. The van der Waals surface area contributed by atoms with Crippen LogP contribution in [-0.4, -0.2) is 5.11 Å². The number of aliphatic hydroxyl groups excluding tert-OH is 1. The molecule has 1 unspecified atom stereocenters. The average molecular weight is 182 g/mol. The van der Waals surface area contributed by atoms with Crippen LogP contribution in [0, 0.1) is 11.3 Å². The highest BCUT2D eigenvalue weighted by Gasteiger charge is 2.10. The van der Waals surface area contributed by atoms with Gasteiger partial charge in [-0.3, -0.25) is 0 Å². The Morgan fingerprint density at radius 1 is 1.75 bits per heavy atom.